The van der Waals surface area contributed by atoms with Crippen LogP contribution in [-0.2, 0) is 4.79 Å². The molecule has 2 rings (SSSR count). The Bertz CT molecular complexity index is 491. The fourth-order valence-corrected chi connectivity index (χ4v) is 2.36. The van der Waals surface area contributed by atoms with Crippen molar-refractivity contribution >= 4 is 17.3 Å². The van der Waals surface area contributed by atoms with Crippen molar-refractivity contribution in [3.63, 3.8) is 0 Å². The number of ketones is 2. The number of carbonyl (C=O) groups is 2. The second kappa shape index (κ2) is 4.56. The largest absolute Gasteiger partial charge is 0.370 e. The number of nitrogens with zero attached hydrogens (tertiary/aromatic N) is 1. The molecule has 1 fully saturated rings. The molecule has 0 aromatic heterocycles. The number of hydrogen-bond donors (Lipinski definition) is 0. The quantitative estimate of drug-likeness (QED) is 0.752. The predicted octanol–water partition coefficient (Wildman–Crippen LogP) is 2.69. The van der Waals surface area contributed by atoms with Gasteiger partial charge in [0.2, 0.25) is 0 Å². The Hall–Kier alpha value is -1.64. The maximum Gasteiger partial charge on any atom is 0.159 e. The third-order valence-electron chi connectivity index (χ3n) is 3.57. The summed E-state index contributed by atoms with van der Waals surface area (Å²) in [6.45, 7) is 6.99. The molecule has 0 unspecified atom stereocenters. The molecule has 1 aromatic rings. The minimum atomic E-state index is -0.301. The molecular weight excluding hydrogens is 226 g/mol. The highest BCUT2D eigenvalue weighted by atomic mass is 16.1. The van der Waals surface area contributed by atoms with Gasteiger partial charge in [0, 0.05) is 36.2 Å². The minimum Gasteiger partial charge on any atom is -0.370 e. The second-order valence-corrected chi connectivity index (χ2v) is 5.59. The van der Waals surface area contributed by atoms with Gasteiger partial charge in [0.25, 0.3) is 0 Å². The molecule has 1 aliphatic rings. The van der Waals surface area contributed by atoms with E-state index in [0.717, 1.165) is 17.8 Å². The molecule has 0 amide bonds. The summed E-state index contributed by atoms with van der Waals surface area (Å²) >= 11 is 0. The van der Waals surface area contributed by atoms with Crippen LogP contribution < -0.4 is 4.90 Å². The molecule has 1 saturated heterocycles. The van der Waals surface area contributed by atoms with Crippen LogP contribution in [-0.4, -0.2) is 24.7 Å². The molecule has 3 heteroatoms. The standard InChI is InChI=1S/C15H19NO2/c1-11(17)12-5-4-6-13(9-12)16-8-7-14(18)15(2,3)10-16/h4-6,9H,7-8,10H2,1-3H3. The van der Waals surface area contributed by atoms with Crippen molar-refractivity contribution in [2.24, 2.45) is 5.41 Å². The van der Waals surface area contributed by atoms with E-state index in [0.29, 0.717) is 18.7 Å². The van der Waals surface area contributed by atoms with E-state index in [2.05, 4.69) is 4.90 Å². The van der Waals surface area contributed by atoms with Crippen LogP contribution in [0.5, 0.6) is 0 Å². The van der Waals surface area contributed by atoms with Gasteiger partial charge in [-0.05, 0) is 19.1 Å². The second-order valence-electron chi connectivity index (χ2n) is 5.59. The van der Waals surface area contributed by atoms with Crippen molar-refractivity contribution in [1.29, 1.82) is 0 Å². The van der Waals surface area contributed by atoms with Gasteiger partial charge >= 0.3 is 0 Å². The Kier molecular flexibility index (Phi) is 3.24. The molecule has 0 saturated carbocycles. The van der Waals surface area contributed by atoms with Crippen LogP contribution in [0.25, 0.3) is 0 Å². The zero-order chi connectivity index (χ0) is 13.3. The van der Waals surface area contributed by atoms with E-state index in [4.69, 9.17) is 0 Å². The number of piperidine rings is 1. The topological polar surface area (TPSA) is 37.4 Å². The molecule has 0 aliphatic carbocycles. The first-order valence-corrected chi connectivity index (χ1v) is 6.29. The van der Waals surface area contributed by atoms with Gasteiger partial charge < -0.3 is 4.90 Å². The fraction of sp³-hybridized carbons (Fsp3) is 0.467. The average Bonchev–Trinajstić information content (AvgIpc) is 2.33. The molecule has 0 radical (unpaired) electrons. The maximum absolute atomic E-state index is 11.8. The summed E-state index contributed by atoms with van der Waals surface area (Å²) in [6, 6.07) is 7.63. The first-order valence-electron chi connectivity index (χ1n) is 6.29. The monoisotopic (exact) mass is 245 g/mol. The average molecular weight is 245 g/mol. The number of anilines is 1. The predicted molar refractivity (Wildman–Crippen MR) is 72.1 cm³/mol. The number of hydrogen-bond acceptors (Lipinski definition) is 3. The lowest BCUT2D eigenvalue weighted by atomic mass is 9.82. The molecule has 0 N–H and O–H groups in total. The van der Waals surface area contributed by atoms with Crippen LogP contribution in [0.2, 0.25) is 0 Å². The van der Waals surface area contributed by atoms with Crippen molar-refractivity contribution in [3.05, 3.63) is 29.8 Å². The number of rotatable bonds is 2. The Balaban J connectivity index is 2.25. The van der Waals surface area contributed by atoms with Gasteiger partial charge in [-0.15, -0.1) is 0 Å². The van der Waals surface area contributed by atoms with E-state index >= 15 is 0 Å². The van der Waals surface area contributed by atoms with E-state index in [1.165, 1.54) is 0 Å². The summed E-state index contributed by atoms with van der Waals surface area (Å²) in [6.07, 6.45) is 0.581. The summed E-state index contributed by atoms with van der Waals surface area (Å²) in [5.41, 5.74) is 1.45. The van der Waals surface area contributed by atoms with Crippen LogP contribution in [0.3, 0.4) is 0 Å². The van der Waals surface area contributed by atoms with Gasteiger partial charge in [0.1, 0.15) is 5.78 Å². The third-order valence-corrected chi connectivity index (χ3v) is 3.57. The summed E-state index contributed by atoms with van der Waals surface area (Å²) < 4.78 is 0. The summed E-state index contributed by atoms with van der Waals surface area (Å²) in [5, 5.41) is 0. The highest BCUT2D eigenvalue weighted by molar-refractivity contribution is 5.95. The van der Waals surface area contributed by atoms with Crippen LogP contribution in [0, 0.1) is 5.41 Å². The van der Waals surface area contributed by atoms with Gasteiger partial charge in [-0.3, -0.25) is 9.59 Å². The zero-order valence-corrected chi connectivity index (χ0v) is 11.2. The van der Waals surface area contributed by atoms with Crippen molar-refractivity contribution in [1.82, 2.24) is 0 Å². The highest BCUT2D eigenvalue weighted by Gasteiger charge is 2.34. The number of benzene rings is 1. The molecule has 0 atom stereocenters. The Morgan fingerprint density at radius 1 is 1.33 bits per heavy atom. The van der Waals surface area contributed by atoms with Gasteiger partial charge in [0.15, 0.2) is 5.78 Å². The lowest BCUT2D eigenvalue weighted by Gasteiger charge is -2.38. The van der Waals surface area contributed by atoms with E-state index in [1.807, 2.05) is 38.1 Å². The Morgan fingerprint density at radius 2 is 2.06 bits per heavy atom. The zero-order valence-electron chi connectivity index (χ0n) is 11.2. The highest BCUT2D eigenvalue weighted by Crippen LogP contribution is 2.29. The van der Waals surface area contributed by atoms with Gasteiger partial charge in [0.05, 0.1) is 0 Å². The van der Waals surface area contributed by atoms with Gasteiger partial charge in [-0.25, -0.2) is 0 Å². The SMILES string of the molecule is CC(=O)c1cccc(N2CCC(=O)C(C)(C)C2)c1. The molecule has 3 nitrogen and oxygen atoms in total. The van der Waals surface area contributed by atoms with Crippen molar-refractivity contribution in [3.8, 4) is 0 Å². The smallest absolute Gasteiger partial charge is 0.159 e. The van der Waals surface area contributed by atoms with Crippen LogP contribution >= 0.6 is 0 Å². The molecule has 1 aromatic carbocycles. The van der Waals surface area contributed by atoms with E-state index in [1.54, 1.807) is 6.92 Å². The van der Waals surface area contributed by atoms with Crippen LogP contribution in [0.1, 0.15) is 37.6 Å². The maximum atomic E-state index is 11.8. The van der Waals surface area contributed by atoms with Crippen molar-refractivity contribution < 1.29 is 9.59 Å². The fourth-order valence-electron chi connectivity index (χ4n) is 2.36. The molecule has 1 heterocycles. The van der Waals surface area contributed by atoms with E-state index in [-0.39, 0.29) is 11.2 Å². The van der Waals surface area contributed by atoms with Crippen LogP contribution in [0.15, 0.2) is 24.3 Å². The molecule has 96 valence electrons. The van der Waals surface area contributed by atoms with Gasteiger partial charge in [-0.2, -0.15) is 0 Å². The molecule has 0 spiro atoms. The molecule has 1 aliphatic heterocycles. The molecule has 18 heavy (non-hydrogen) atoms. The number of carbonyl (C=O) groups excluding carboxylic acids is 2. The minimum absolute atomic E-state index is 0.0733. The lowest BCUT2D eigenvalue weighted by Crippen LogP contribution is -2.46. The van der Waals surface area contributed by atoms with Crippen molar-refractivity contribution in [2.45, 2.75) is 27.2 Å². The third kappa shape index (κ3) is 2.45. The van der Waals surface area contributed by atoms with Crippen LogP contribution in [0.4, 0.5) is 5.69 Å². The Morgan fingerprint density at radius 3 is 2.67 bits per heavy atom. The van der Waals surface area contributed by atoms with E-state index in [9.17, 15) is 9.59 Å². The molecule has 0 bridgehead atoms. The summed E-state index contributed by atoms with van der Waals surface area (Å²) in [7, 11) is 0. The lowest BCUT2D eigenvalue weighted by molar-refractivity contribution is -0.127. The number of Topliss-reactive ketones (excluding diaryl/α,β-unsaturated/α-hetero) is 2. The van der Waals surface area contributed by atoms with Crippen molar-refractivity contribution in [2.75, 3.05) is 18.0 Å². The Labute approximate surface area is 108 Å². The first-order chi connectivity index (χ1) is 8.40. The summed E-state index contributed by atoms with van der Waals surface area (Å²) in [4.78, 5) is 25.4. The normalized spacial score (nSPS) is 18.8. The molecular formula is C15H19NO2. The first kappa shape index (κ1) is 12.8. The van der Waals surface area contributed by atoms with Gasteiger partial charge in [-0.1, -0.05) is 26.0 Å². The van der Waals surface area contributed by atoms with E-state index < -0.39 is 0 Å². The summed E-state index contributed by atoms with van der Waals surface area (Å²) in [5.74, 6) is 0.394.